The van der Waals surface area contributed by atoms with Crippen molar-refractivity contribution in [1.82, 2.24) is 5.32 Å². The zero-order valence-corrected chi connectivity index (χ0v) is 12.8. The lowest BCUT2D eigenvalue weighted by molar-refractivity contribution is 0.0937. The van der Waals surface area contributed by atoms with Gasteiger partial charge in [-0.2, -0.15) is 11.8 Å². The molecular formula is C15H22N2O2S. The van der Waals surface area contributed by atoms with Gasteiger partial charge in [-0.25, -0.2) is 0 Å². The summed E-state index contributed by atoms with van der Waals surface area (Å²) in [6, 6.07) is 5.39. The highest BCUT2D eigenvalue weighted by atomic mass is 32.2. The van der Waals surface area contributed by atoms with E-state index < -0.39 is 0 Å². The molecule has 2 atom stereocenters. The van der Waals surface area contributed by atoms with E-state index in [9.17, 15) is 4.79 Å². The van der Waals surface area contributed by atoms with Crippen LogP contribution in [0.25, 0.3) is 0 Å². The number of ether oxygens (including phenoxy) is 1. The van der Waals surface area contributed by atoms with Crippen LogP contribution in [0.15, 0.2) is 18.2 Å². The summed E-state index contributed by atoms with van der Waals surface area (Å²) >= 11 is 1.98. The lowest BCUT2D eigenvalue weighted by atomic mass is 10.1. The van der Waals surface area contributed by atoms with Gasteiger partial charge in [-0.15, -0.1) is 0 Å². The van der Waals surface area contributed by atoms with Crippen molar-refractivity contribution >= 4 is 23.4 Å². The third-order valence-electron chi connectivity index (χ3n) is 3.55. The first-order valence-electron chi connectivity index (χ1n) is 6.99. The van der Waals surface area contributed by atoms with Gasteiger partial charge in [0.15, 0.2) is 0 Å². The van der Waals surface area contributed by atoms with E-state index in [1.54, 1.807) is 25.3 Å². The second-order valence-corrected chi connectivity index (χ2v) is 6.63. The number of rotatable bonds is 5. The Kier molecular flexibility index (Phi) is 5.17. The molecule has 3 N–H and O–H groups in total. The smallest absolute Gasteiger partial charge is 0.251 e. The summed E-state index contributed by atoms with van der Waals surface area (Å²) in [5.74, 6) is 1.68. The minimum atomic E-state index is -0.0669. The Labute approximate surface area is 124 Å². The molecule has 0 radical (unpaired) electrons. The van der Waals surface area contributed by atoms with Crippen molar-refractivity contribution < 1.29 is 9.53 Å². The Balaban J connectivity index is 1.97. The van der Waals surface area contributed by atoms with E-state index in [4.69, 9.17) is 10.5 Å². The Morgan fingerprint density at radius 1 is 1.45 bits per heavy atom. The van der Waals surface area contributed by atoms with E-state index >= 15 is 0 Å². The first-order chi connectivity index (χ1) is 9.62. The van der Waals surface area contributed by atoms with Gasteiger partial charge < -0.3 is 15.8 Å². The number of nitrogens with two attached hydrogens (primary N) is 1. The van der Waals surface area contributed by atoms with Gasteiger partial charge in [0.05, 0.1) is 7.11 Å². The number of carbonyl (C=O) groups excluding carboxylic acids is 1. The molecule has 1 aliphatic rings. The molecule has 5 heteroatoms. The van der Waals surface area contributed by atoms with Crippen molar-refractivity contribution in [3.05, 3.63) is 23.8 Å². The number of hydrogen-bond donors (Lipinski definition) is 2. The Hall–Kier alpha value is -1.36. The fourth-order valence-electron chi connectivity index (χ4n) is 2.60. The van der Waals surface area contributed by atoms with Gasteiger partial charge in [-0.3, -0.25) is 4.79 Å². The first-order valence-corrected chi connectivity index (χ1v) is 8.04. The standard InChI is InChI=1S/C15H22N2O2S/c1-3-20-14-5-4-12(9-14)17-15(18)10-6-11(16)8-13(7-10)19-2/h6-8,12,14H,3-5,9,16H2,1-2H3,(H,17,18). The molecule has 1 fully saturated rings. The van der Waals surface area contributed by atoms with Gasteiger partial charge in [-0.1, -0.05) is 6.92 Å². The van der Waals surface area contributed by atoms with Crippen LogP contribution in [0.3, 0.4) is 0 Å². The number of nitrogen functional groups attached to an aromatic ring is 1. The lowest BCUT2D eigenvalue weighted by Gasteiger charge is -2.14. The Morgan fingerprint density at radius 2 is 2.25 bits per heavy atom. The molecule has 0 spiro atoms. The molecule has 0 aliphatic heterocycles. The molecule has 1 aliphatic carbocycles. The van der Waals surface area contributed by atoms with Crippen molar-refractivity contribution in [2.45, 2.75) is 37.5 Å². The molecule has 4 nitrogen and oxygen atoms in total. The van der Waals surface area contributed by atoms with Crippen molar-refractivity contribution in [3.8, 4) is 5.75 Å². The van der Waals surface area contributed by atoms with Crippen LogP contribution in [0.5, 0.6) is 5.75 Å². The number of thioether (sulfide) groups is 1. The third kappa shape index (κ3) is 3.82. The Bertz CT molecular complexity index is 479. The molecule has 110 valence electrons. The van der Waals surface area contributed by atoms with Crippen LogP contribution < -0.4 is 15.8 Å². The van der Waals surface area contributed by atoms with Crippen LogP contribution >= 0.6 is 11.8 Å². The molecule has 0 bridgehead atoms. The number of nitrogens with one attached hydrogen (secondary N) is 1. The molecule has 1 amide bonds. The lowest BCUT2D eigenvalue weighted by Crippen LogP contribution is -2.33. The second-order valence-electron chi connectivity index (χ2n) is 5.06. The van der Waals surface area contributed by atoms with Crippen LogP contribution in [0, 0.1) is 0 Å². The predicted octanol–water partition coefficient (Wildman–Crippen LogP) is 2.68. The van der Waals surface area contributed by atoms with Gasteiger partial charge in [0.25, 0.3) is 5.91 Å². The number of carbonyl (C=O) groups is 1. The van der Waals surface area contributed by atoms with E-state index in [1.807, 2.05) is 11.8 Å². The van der Waals surface area contributed by atoms with E-state index in [0.29, 0.717) is 22.3 Å². The topological polar surface area (TPSA) is 64.4 Å². The molecule has 1 aromatic carbocycles. The zero-order valence-electron chi connectivity index (χ0n) is 12.0. The first kappa shape index (κ1) is 15.0. The predicted molar refractivity (Wildman–Crippen MR) is 84.4 cm³/mol. The molecular weight excluding hydrogens is 272 g/mol. The largest absolute Gasteiger partial charge is 0.497 e. The molecule has 2 unspecified atom stereocenters. The van der Waals surface area contributed by atoms with Gasteiger partial charge in [0, 0.05) is 28.6 Å². The van der Waals surface area contributed by atoms with Crippen LogP contribution in [-0.4, -0.2) is 30.1 Å². The summed E-state index contributed by atoms with van der Waals surface area (Å²) in [7, 11) is 1.57. The summed E-state index contributed by atoms with van der Waals surface area (Å²) in [4.78, 5) is 12.3. The molecule has 1 aromatic rings. The highest BCUT2D eigenvalue weighted by Gasteiger charge is 2.26. The number of hydrogen-bond acceptors (Lipinski definition) is 4. The maximum Gasteiger partial charge on any atom is 0.251 e. The summed E-state index contributed by atoms with van der Waals surface area (Å²) in [6.45, 7) is 2.18. The molecule has 20 heavy (non-hydrogen) atoms. The van der Waals surface area contributed by atoms with Crippen molar-refractivity contribution in [2.75, 3.05) is 18.6 Å². The van der Waals surface area contributed by atoms with Crippen LogP contribution in [0.1, 0.15) is 36.5 Å². The summed E-state index contributed by atoms with van der Waals surface area (Å²) < 4.78 is 5.14. The molecule has 1 saturated carbocycles. The van der Waals surface area contributed by atoms with E-state index in [-0.39, 0.29) is 11.9 Å². The maximum atomic E-state index is 12.3. The SMILES string of the molecule is CCSC1CCC(NC(=O)c2cc(N)cc(OC)c2)C1. The number of benzene rings is 1. The van der Waals surface area contributed by atoms with E-state index in [1.165, 1.54) is 6.42 Å². The van der Waals surface area contributed by atoms with Crippen LogP contribution in [-0.2, 0) is 0 Å². The number of methoxy groups -OCH3 is 1. The third-order valence-corrected chi connectivity index (χ3v) is 4.78. The number of anilines is 1. The average molecular weight is 294 g/mol. The van der Waals surface area contributed by atoms with E-state index in [0.717, 1.165) is 18.6 Å². The summed E-state index contributed by atoms with van der Waals surface area (Å²) in [5.41, 5.74) is 6.88. The highest BCUT2D eigenvalue weighted by Crippen LogP contribution is 2.30. The fraction of sp³-hybridized carbons (Fsp3) is 0.533. The fourth-order valence-corrected chi connectivity index (χ4v) is 3.74. The number of amides is 1. The monoisotopic (exact) mass is 294 g/mol. The van der Waals surface area contributed by atoms with Crippen molar-refractivity contribution in [2.24, 2.45) is 0 Å². The second kappa shape index (κ2) is 6.88. The minimum absolute atomic E-state index is 0.0669. The molecule has 2 rings (SSSR count). The normalized spacial score (nSPS) is 21.7. The quantitative estimate of drug-likeness (QED) is 0.820. The Morgan fingerprint density at radius 3 is 2.95 bits per heavy atom. The van der Waals surface area contributed by atoms with Gasteiger partial charge >= 0.3 is 0 Å². The summed E-state index contributed by atoms with van der Waals surface area (Å²) in [6.07, 6.45) is 3.30. The van der Waals surface area contributed by atoms with E-state index in [2.05, 4.69) is 12.2 Å². The molecule has 0 heterocycles. The van der Waals surface area contributed by atoms with Gasteiger partial charge in [0.1, 0.15) is 5.75 Å². The maximum absolute atomic E-state index is 12.3. The average Bonchev–Trinajstić information content (AvgIpc) is 2.85. The highest BCUT2D eigenvalue weighted by molar-refractivity contribution is 7.99. The molecule has 0 aromatic heterocycles. The van der Waals surface area contributed by atoms with Crippen LogP contribution in [0.4, 0.5) is 5.69 Å². The van der Waals surface area contributed by atoms with Crippen molar-refractivity contribution in [3.63, 3.8) is 0 Å². The molecule has 0 saturated heterocycles. The summed E-state index contributed by atoms with van der Waals surface area (Å²) in [5, 5.41) is 3.78. The van der Waals surface area contributed by atoms with Gasteiger partial charge in [0.2, 0.25) is 0 Å². The zero-order chi connectivity index (χ0) is 14.5. The minimum Gasteiger partial charge on any atom is -0.497 e. The van der Waals surface area contributed by atoms with Gasteiger partial charge in [-0.05, 0) is 37.1 Å². The van der Waals surface area contributed by atoms with Crippen LogP contribution in [0.2, 0.25) is 0 Å². The van der Waals surface area contributed by atoms with Crippen molar-refractivity contribution in [1.29, 1.82) is 0 Å².